The van der Waals surface area contributed by atoms with E-state index in [1.807, 2.05) is 15.8 Å². The lowest BCUT2D eigenvalue weighted by molar-refractivity contribution is 0.0696. The molecule has 6 heteroatoms. The summed E-state index contributed by atoms with van der Waals surface area (Å²) in [4.78, 5) is 11.9. The largest absolute Gasteiger partial charge is 0.478 e. The van der Waals surface area contributed by atoms with Gasteiger partial charge < -0.3 is 5.11 Å². The molecule has 0 unspecified atom stereocenters. The van der Waals surface area contributed by atoms with E-state index in [1.54, 1.807) is 36.0 Å². The second kappa shape index (κ2) is 8.45. The predicted molar refractivity (Wildman–Crippen MR) is 87.8 cm³/mol. The summed E-state index contributed by atoms with van der Waals surface area (Å²) in [6.45, 7) is 4.14. The number of carbonyl (C=O) groups is 1. The number of hydrogen-bond acceptors (Lipinski definition) is 4. The lowest BCUT2D eigenvalue weighted by Gasteiger charge is -2.21. The molecular weight excluding hydrogens is 298 g/mol. The first-order valence-electron chi connectivity index (χ1n) is 6.00. The van der Waals surface area contributed by atoms with Crippen molar-refractivity contribution in [2.75, 3.05) is 11.5 Å². The molecular formula is C13H17NO2S3. The first-order chi connectivity index (χ1) is 9.10. The Balaban J connectivity index is 2.83. The van der Waals surface area contributed by atoms with Crippen LogP contribution in [-0.4, -0.2) is 31.3 Å². The van der Waals surface area contributed by atoms with Crippen LogP contribution >= 0.6 is 36.1 Å². The molecule has 0 atom stereocenters. The first-order valence-corrected chi connectivity index (χ1v) is 8.29. The summed E-state index contributed by atoms with van der Waals surface area (Å²) in [6, 6.07) is 7.01. The van der Waals surface area contributed by atoms with Gasteiger partial charge in [-0.2, -0.15) is 0 Å². The summed E-state index contributed by atoms with van der Waals surface area (Å²) in [5, 5.41) is 9.16. The smallest absolute Gasteiger partial charge is 0.335 e. The predicted octanol–water partition coefficient (Wildman–Crippen LogP) is 3.89. The van der Waals surface area contributed by atoms with Crippen LogP contribution in [0, 0.1) is 0 Å². The molecule has 0 fully saturated rings. The van der Waals surface area contributed by atoms with Gasteiger partial charge in [0.2, 0.25) is 0 Å². The molecule has 0 aliphatic rings. The van der Waals surface area contributed by atoms with Gasteiger partial charge in [-0.25, -0.2) is 4.79 Å². The van der Waals surface area contributed by atoms with Gasteiger partial charge in [-0.15, -0.1) is 0 Å². The van der Waals surface area contributed by atoms with E-state index in [1.165, 1.54) is 0 Å². The summed E-state index contributed by atoms with van der Waals surface area (Å²) in [6.07, 6.45) is 0.484. The maximum Gasteiger partial charge on any atom is 0.335 e. The molecule has 1 N–H and O–H groups in total. The average Bonchev–Trinajstić information content (AvgIpc) is 2.38. The minimum absolute atomic E-state index is 0.327. The van der Waals surface area contributed by atoms with Crippen LogP contribution in [0.2, 0.25) is 0 Å². The fourth-order valence-electron chi connectivity index (χ4n) is 1.53. The zero-order chi connectivity index (χ0) is 14.3. The van der Waals surface area contributed by atoms with Gasteiger partial charge in [0.25, 0.3) is 0 Å². The molecule has 3 nitrogen and oxygen atoms in total. The van der Waals surface area contributed by atoms with E-state index in [0.29, 0.717) is 12.0 Å². The van der Waals surface area contributed by atoms with Crippen LogP contribution in [0.15, 0.2) is 24.3 Å². The van der Waals surface area contributed by atoms with E-state index in [2.05, 4.69) is 13.8 Å². The third-order valence-electron chi connectivity index (χ3n) is 2.29. The highest BCUT2D eigenvalue weighted by Gasteiger charge is 2.15. The third kappa shape index (κ3) is 5.04. The quantitative estimate of drug-likeness (QED) is 0.608. The number of rotatable bonds is 7. The molecule has 1 aromatic carbocycles. The maximum atomic E-state index is 11.2. The topological polar surface area (TPSA) is 40.5 Å². The monoisotopic (exact) mass is 315 g/mol. The van der Waals surface area contributed by atoms with Crippen molar-refractivity contribution in [2.24, 2.45) is 0 Å². The number of aromatic carboxylic acids is 1. The van der Waals surface area contributed by atoms with Crippen molar-refractivity contribution in [3.8, 4) is 0 Å². The van der Waals surface area contributed by atoms with Gasteiger partial charge in [0, 0.05) is 17.9 Å². The number of carboxylic acid groups (broad SMARTS) is 1. The van der Waals surface area contributed by atoms with Gasteiger partial charge in [-0.3, -0.25) is 3.71 Å². The van der Waals surface area contributed by atoms with Gasteiger partial charge >= 0.3 is 5.97 Å². The number of nitrogens with zero attached hydrogens (tertiary/aromatic N) is 1. The van der Waals surface area contributed by atoms with Gasteiger partial charge in [0.1, 0.15) is 4.99 Å². The van der Waals surface area contributed by atoms with Crippen molar-refractivity contribution in [2.45, 2.75) is 20.3 Å². The number of hydrogen-bond donors (Lipinski definition) is 1. The Bertz CT molecular complexity index is 445. The Morgan fingerprint density at radius 2 is 1.84 bits per heavy atom. The van der Waals surface area contributed by atoms with E-state index in [4.69, 9.17) is 17.3 Å². The van der Waals surface area contributed by atoms with Crippen LogP contribution in [0.3, 0.4) is 0 Å². The second-order valence-corrected chi connectivity index (χ2v) is 6.73. The summed E-state index contributed by atoms with van der Waals surface area (Å²) in [5.74, 6) is 0.970. The zero-order valence-corrected chi connectivity index (χ0v) is 13.4. The van der Waals surface area contributed by atoms with Crippen molar-refractivity contribution in [3.63, 3.8) is 0 Å². The lowest BCUT2D eigenvalue weighted by atomic mass is 10.1. The van der Waals surface area contributed by atoms with E-state index < -0.39 is 5.97 Å². The van der Waals surface area contributed by atoms with E-state index in [-0.39, 0.29) is 0 Å². The molecule has 0 radical (unpaired) electrons. The van der Waals surface area contributed by atoms with E-state index in [0.717, 1.165) is 22.1 Å². The molecule has 0 amide bonds. The molecule has 0 heterocycles. The molecule has 0 aliphatic carbocycles. The summed E-state index contributed by atoms with van der Waals surface area (Å²) >= 11 is 8.73. The fraction of sp³-hybridized carbons (Fsp3) is 0.385. The Morgan fingerprint density at radius 1 is 1.26 bits per heavy atom. The summed E-state index contributed by atoms with van der Waals surface area (Å²) in [7, 11) is 0. The molecule has 19 heavy (non-hydrogen) atoms. The normalized spacial score (nSPS) is 10.2. The number of benzene rings is 1. The molecule has 0 aliphatic heterocycles. The van der Waals surface area contributed by atoms with Gasteiger partial charge in [-0.1, -0.05) is 44.3 Å². The third-order valence-corrected chi connectivity index (χ3v) is 4.90. The Kier molecular flexibility index (Phi) is 7.27. The van der Waals surface area contributed by atoms with Crippen molar-refractivity contribution in [1.82, 2.24) is 3.71 Å². The van der Waals surface area contributed by atoms with Gasteiger partial charge in [0.15, 0.2) is 0 Å². The molecule has 0 saturated carbocycles. The highest BCUT2D eigenvalue weighted by Crippen LogP contribution is 2.24. The van der Waals surface area contributed by atoms with Crippen LogP contribution in [-0.2, 0) is 6.42 Å². The van der Waals surface area contributed by atoms with Crippen LogP contribution < -0.4 is 0 Å². The number of carboxylic acids is 1. The van der Waals surface area contributed by atoms with E-state index >= 15 is 0 Å². The average molecular weight is 315 g/mol. The Morgan fingerprint density at radius 3 is 2.37 bits per heavy atom. The van der Waals surface area contributed by atoms with Gasteiger partial charge in [-0.05, 0) is 35.5 Å². The second-order valence-electron chi connectivity index (χ2n) is 3.63. The molecule has 0 bridgehead atoms. The van der Waals surface area contributed by atoms with Crippen molar-refractivity contribution >= 4 is 47.1 Å². The zero-order valence-electron chi connectivity index (χ0n) is 11.0. The minimum atomic E-state index is -0.906. The maximum absolute atomic E-state index is 11.2. The highest BCUT2D eigenvalue weighted by molar-refractivity contribution is 8.13. The van der Waals surface area contributed by atoms with E-state index in [9.17, 15) is 4.79 Å². The Hall–Kier alpha value is -0.720. The first kappa shape index (κ1) is 16.3. The highest BCUT2D eigenvalue weighted by atomic mass is 32.2. The molecule has 0 aromatic heterocycles. The summed E-state index contributed by atoms with van der Waals surface area (Å²) in [5.41, 5.74) is 1.09. The summed E-state index contributed by atoms with van der Waals surface area (Å²) < 4.78 is 2.01. The van der Waals surface area contributed by atoms with Crippen LogP contribution in [0.5, 0.6) is 0 Å². The lowest BCUT2D eigenvalue weighted by Crippen LogP contribution is -2.19. The molecule has 0 saturated heterocycles. The molecule has 1 aromatic rings. The van der Waals surface area contributed by atoms with Crippen LogP contribution in [0.4, 0.5) is 0 Å². The number of thiocarbonyl (C=S) groups is 1. The van der Waals surface area contributed by atoms with Crippen molar-refractivity contribution in [1.29, 1.82) is 0 Å². The molecule has 104 valence electrons. The SMILES string of the molecule is CCSN(SCC)C(=S)Cc1ccccc1C(=O)O. The fourth-order valence-corrected chi connectivity index (χ4v) is 3.81. The van der Waals surface area contributed by atoms with Crippen molar-refractivity contribution < 1.29 is 9.90 Å². The molecule has 1 rings (SSSR count). The Labute approximate surface area is 128 Å². The molecule has 0 spiro atoms. The standard InChI is InChI=1S/C13H17NO2S3/c1-3-18-14(19-4-2)12(17)9-10-7-5-6-8-11(10)13(15)16/h5-8H,3-4,9H2,1-2H3,(H,15,16). The van der Waals surface area contributed by atoms with Crippen LogP contribution in [0.1, 0.15) is 29.8 Å². The van der Waals surface area contributed by atoms with Crippen LogP contribution in [0.25, 0.3) is 0 Å². The van der Waals surface area contributed by atoms with Gasteiger partial charge in [0.05, 0.1) is 5.56 Å². The van der Waals surface area contributed by atoms with Crippen molar-refractivity contribution in [3.05, 3.63) is 35.4 Å². The minimum Gasteiger partial charge on any atom is -0.478 e.